The molecule has 0 unspecified atom stereocenters. The Kier molecular flexibility index (Phi) is 5.49. The van der Waals surface area contributed by atoms with Crippen LogP contribution in [0.4, 0.5) is 10.1 Å². The van der Waals surface area contributed by atoms with Gasteiger partial charge in [0.05, 0.1) is 5.02 Å². The van der Waals surface area contributed by atoms with Crippen molar-refractivity contribution in [3.05, 3.63) is 70.6 Å². The van der Waals surface area contributed by atoms with Crippen LogP contribution in [0.25, 0.3) is 6.08 Å². The van der Waals surface area contributed by atoms with Crippen molar-refractivity contribution >= 4 is 35.2 Å². The molecule has 4 nitrogen and oxygen atoms in total. The van der Waals surface area contributed by atoms with Gasteiger partial charge in [0.2, 0.25) is 5.91 Å². The fraction of sp³-hybridized carbons (Fsp3) is 0.0588. The molecular formula is C17H14ClFN2O2. The molecule has 0 fully saturated rings. The molecule has 6 heteroatoms. The van der Waals surface area contributed by atoms with E-state index in [2.05, 4.69) is 10.6 Å². The Hall–Kier alpha value is -2.66. The average molecular weight is 333 g/mol. The summed E-state index contributed by atoms with van der Waals surface area (Å²) in [6.07, 6.45) is 1.54. The van der Waals surface area contributed by atoms with Gasteiger partial charge in [-0.3, -0.25) is 9.59 Å². The molecule has 0 aromatic heterocycles. The second-order valence-electron chi connectivity index (χ2n) is 4.73. The van der Waals surface area contributed by atoms with E-state index in [9.17, 15) is 14.0 Å². The van der Waals surface area contributed by atoms with Gasteiger partial charge >= 0.3 is 0 Å². The predicted molar refractivity (Wildman–Crippen MR) is 88.3 cm³/mol. The molecular weight excluding hydrogens is 319 g/mol. The highest BCUT2D eigenvalue weighted by Gasteiger charge is 2.12. The van der Waals surface area contributed by atoms with E-state index < -0.39 is 11.7 Å². The lowest BCUT2D eigenvalue weighted by Gasteiger charge is -2.10. The SMILES string of the molecule is CC(=O)N/C(=C\c1ccccc1)C(=O)Nc1ccc(F)c(Cl)c1. The lowest BCUT2D eigenvalue weighted by atomic mass is 10.2. The second-order valence-corrected chi connectivity index (χ2v) is 5.14. The van der Waals surface area contributed by atoms with E-state index in [1.165, 1.54) is 19.1 Å². The maximum Gasteiger partial charge on any atom is 0.272 e. The summed E-state index contributed by atoms with van der Waals surface area (Å²) in [6.45, 7) is 1.31. The van der Waals surface area contributed by atoms with E-state index in [1.54, 1.807) is 18.2 Å². The number of carbonyl (C=O) groups excluding carboxylic acids is 2. The molecule has 0 aliphatic heterocycles. The minimum absolute atomic E-state index is 0.0733. The zero-order valence-corrected chi connectivity index (χ0v) is 13.0. The van der Waals surface area contributed by atoms with Crippen LogP contribution in [0.15, 0.2) is 54.2 Å². The second kappa shape index (κ2) is 7.56. The van der Waals surface area contributed by atoms with E-state index in [0.29, 0.717) is 5.69 Å². The van der Waals surface area contributed by atoms with Crippen LogP contribution in [0, 0.1) is 5.82 Å². The van der Waals surface area contributed by atoms with E-state index in [0.717, 1.165) is 11.6 Å². The number of hydrogen-bond donors (Lipinski definition) is 2. The lowest BCUT2D eigenvalue weighted by Crippen LogP contribution is -2.28. The molecule has 2 N–H and O–H groups in total. The van der Waals surface area contributed by atoms with Crippen molar-refractivity contribution in [1.82, 2.24) is 5.32 Å². The van der Waals surface area contributed by atoms with Gasteiger partial charge in [0.15, 0.2) is 0 Å². The number of rotatable bonds is 4. The fourth-order valence-electron chi connectivity index (χ4n) is 1.84. The van der Waals surface area contributed by atoms with Gasteiger partial charge in [-0.15, -0.1) is 0 Å². The van der Waals surface area contributed by atoms with Crippen LogP contribution in [0.1, 0.15) is 12.5 Å². The van der Waals surface area contributed by atoms with Gasteiger partial charge < -0.3 is 10.6 Å². The first-order chi connectivity index (χ1) is 11.0. The molecule has 118 valence electrons. The Morgan fingerprint density at radius 1 is 1.13 bits per heavy atom. The smallest absolute Gasteiger partial charge is 0.272 e. The molecule has 2 aromatic rings. The minimum Gasteiger partial charge on any atom is -0.322 e. The van der Waals surface area contributed by atoms with Crippen LogP contribution >= 0.6 is 11.6 Å². The Labute approximate surface area is 138 Å². The Morgan fingerprint density at radius 2 is 1.83 bits per heavy atom. The highest BCUT2D eigenvalue weighted by atomic mass is 35.5. The molecule has 2 aromatic carbocycles. The Balaban J connectivity index is 2.24. The minimum atomic E-state index is -0.577. The molecule has 0 aliphatic carbocycles. The largest absolute Gasteiger partial charge is 0.322 e. The molecule has 0 heterocycles. The van der Waals surface area contributed by atoms with Crippen molar-refractivity contribution in [2.24, 2.45) is 0 Å². The summed E-state index contributed by atoms with van der Waals surface area (Å²) in [7, 11) is 0. The molecule has 0 spiro atoms. The molecule has 0 atom stereocenters. The molecule has 2 amide bonds. The van der Waals surface area contributed by atoms with Crippen LogP contribution in [-0.2, 0) is 9.59 Å². The normalized spacial score (nSPS) is 11.0. The predicted octanol–water partition coefficient (Wildman–Crippen LogP) is 3.59. The van der Waals surface area contributed by atoms with Crippen molar-refractivity contribution in [2.75, 3.05) is 5.32 Å². The first-order valence-electron chi connectivity index (χ1n) is 6.76. The van der Waals surface area contributed by atoms with Crippen molar-refractivity contribution in [1.29, 1.82) is 0 Å². The number of carbonyl (C=O) groups is 2. The number of hydrogen-bond acceptors (Lipinski definition) is 2. The van der Waals surface area contributed by atoms with Crippen molar-refractivity contribution in [3.63, 3.8) is 0 Å². The van der Waals surface area contributed by atoms with Crippen molar-refractivity contribution in [2.45, 2.75) is 6.92 Å². The van der Waals surface area contributed by atoms with Crippen LogP contribution in [0.3, 0.4) is 0 Å². The van der Waals surface area contributed by atoms with Crippen LogP contribution < -0.4 is 10.6 Å². The van der Waals surface area contributed by atoms with Crippen LogP contribution in [0.2, 0.25) is 5.02 Å². The van der Waals surface area contributed by atoms with Gasteiger partial charge in [-0.2, -0.15) is 0 Å². The van der Waals surface area contributed by atoms with E-state index in [-0.39, 0.29) is 16.6 Å². The van der Waals surface area contributed by atoms with Gasteiger partial charge in [-0.1, -0.05) is 41.9 Å². The molecule has 0 saturated heterocycles. The maximum absolute atomic E-state index is 13.1. The van der Waals surface area contributed by atoms with Crippen LogP contribution in [0.5, 0.6) is 0 Å². The number of anilines is 1. The van der Waals surface area contributed by atoms with Gasteiger partial charge in [0.1, 0.15) is 11.5 Å². The third-order valence-electron chi connectivity index (χ3n) is 2.84. The summed E-state index contributed by atoms with van der Waals surface area (Å²) in [6, 6.07) is 12.9. The molecule has 0 aliphatic rings. The number of benzene rings is 2. The monoisotopic (exact) mass is 332 g/mol. The summed E-state index contributed by atoms with van der Waals surface area (Å²) >= 11 is 5.68. The third kappa shape index (κ3) is 4.93. The van der Waals surface area contributed by atoms with Gasteiger partial charge in [-0.25, -0.2) is 4.39 Å². The standard InChI is InChI=1S/C17H14ClFN2O2/c1-11(22)20-16(9-12-5-3-2-4-6-12)17(23)21-13-7-8-15(19)14(18)10-13/h2-10H,1H3,(H,20,22)(H,21,23)/b16-9-. The van der Waals surface area contributed by atoms with Gasteiger partial charge in [-0.05, 0) is 29.8 Å². The van der Waals surface area contributed by atoms with Gasteiger partial charge in [0.25, 0.3) is 5.91 Å². The number of halogens is 2. The number of nitrogens with one attached hydrogen (secondary N) is 2. The lowest BCUT2D eigenvalue weighted by molar-refractivity contribution is -0.120. The third-order valence-corrected chi connectivity index (χ3v) is 3.13. The Bertz CT molecular complexity index is 760. The molecule has 2 rings (SSSR count). The summed E-state index contributed by atoms with van der Waals surface area (Å²) in [4.78, 5) is 23.6. The van der Waals surface area contributed by atoms with Gasteiger partial charge in [0, 0.05) is 12.6 Å². The number of amides is 2. The molecule has 0 saturated carbocycles. The summed E-state index contributed by atoms with van der Waals surface area (Å²) in [5.41, 5.74) is 1.15. The topological polar surface area (TPSA) is 58.2 Å². The zero-order chi connectivity index (χ0) is 16.8. The zero-order valence-electron chi connectivity index (χ0n) is 12.3. The van der Waals surface area contributed by atoms with Crippen molar-refractivity contribution in [3.8, 4) is 0 Å². The summed E-state index contributed by atoms with van der Waals surface area (Å²) < 4.78 is 13.1. The van der Waals surface area contributed by atoms with E-state index >= 15 is 0 Å². The molecule has 23 heavy (non-hydrogen) atoms. The Morgan fingerprint density at radius 3 is 2.43 bits per heavy atom. The van der Waals surface area contributed by atoms with Crippen LogP contribution in [-0.4, -0.2) is 11.8 Å². The maximum atomic E-state index is 13.1. The first kappa shape index (κ1) is 16.7. The van der Waals surface area contributed by atoms with E-state index in [1.807, 2.05) is 18.2 Å². The molecule has 0 radical (unpaired) electrons. The highest BCUT2D eigenvalue weighted by Crippen LogP contribution is 2.19. The summed E-state index contributed by atoms with van der Waals surface area (Å²) in [5.74, 6) is -1.49. The fourth-order valence-corrected chi connectivity index (χ4v) is 2.02. The summed E-state index contributed by atoms with van der Waals surface area (Å²) in [5, 5.41) is 4.94. The quantitative estimate of drug-likeness (QED) is 0.840. The molecule has 0 bridgehead atoms. The highest BCUT2D eigenvalue weighted by molar-refractivity contribution is 6.31. The van der Waals surface area contributed by atoms with E-state index in [4.69, 9.17) is 11.6 Å². The van der Waals surface area contributed by atoms with Crippen molar-refractivity contribution < 1.29 is 14.0 Å². The first-order valence-corrected chi connectivity index (χ1v) is 7.14. The average Bonchev–Trinajstić information content (AvgIpc) is 2.51.